The molecule has 3 rings (SSSR count). The molecular weight excluding hydrogens is 380 g/mol. The Balaban J connectivity index is 1.65. The molecule has 0 bridgehead atoms. The normalized spacial score (nSPS) is 11.5. The highest BCUT2D eigenvalue weighted by Gasteiger charge is 2.29. The summed E-state index contributed by atoms with van der Waals surface area (Å²) >= 11 is 0. The van der Waals surface area contributed by atoms with Crippen LogP contribution in [0.15, 0.2) is 42.6 Å². The summed E-state index contributed by atoms with van der Waals surface area (Å²) in [6.45, 7) is 8.04. The maximum Gasteiger partial charge on any atom is 0.314 e. The molecule has 0 amide bonds. The van der Waals surface area contributed by atoms with Crippen molar-refractivity contribution in [2.24, 2.45) is 11.3 Å². The van der Waals surface area contributed by atoms with Gasteiger partial charge in [0.25, 0.3) is 0 Å². The molecule has 2 heterocycles. The first-order chi connectivity index (χ1) is 14.3. The SMILES string of the molecule is COC(=O)C(C)(C)COc1ccc(-c2ccc(-c3n[nH]c(CC(C)C)n3)cc2)cn1. The second kappa shape index (κ2) is 9.07. The lowest BCUT2D eigenvalue weighted by Gasteiger charge is -2.21. The molecule has 3 aromatic rings. The van der Waals surface area contributed by atoms with E-state index in [1.165, 1.54) is 7.11 Å². The van der Waals surface area contributed by atoms with Gasteiger partial charge in [-0.25, -0.2) is 9.97 Å². The smallest absolute Gasteiger partial charge is 0.314 e. The molecule has 0 saturated carbocycles. The lowest BCUT2D eigenvalue weighted by molar-refractivity contribution is -0.152. The van der Waals surface area contributed by atoms with Crippen molar-refractivity contribution in [1.29, 1.82) is 0 Å². The first kappa shape index (κ1) is 21.5. The van der Waals surface area contributed by atoms with E-state index in [2.05, 4.69) is 34.0 Å². The molecule has 0 aliphatic rings. The zero-order chi connectivity index (χ0) is 21.7. The molecule has 30 heavy (non-hydrogen) atoms. The van der Waals surface area contributed by atoms with Gasteiger partial charge in [-0.15, -0.1) is 0 Å². The standard InChI is InChI=1S/C23H28N4O3/c1-15(2)12-19-25-21(27-26-19)17-8-6-16(7-9-17)18-10-11-20(24-13-18)30-14-23(3,4)22(28)29-5/h6-11,13,15H,12,14H2,1-5H3,(H,25,26,27). The van der Waals surface area contributed by atoms with Crippen LogP contribution in [0.4, 0.5) is 0 Å². The summed E-state index contributed by atoms with van der Waals surface area (Å²) in [4.78, 5) is 20.7. The van der Waals surface area contributed by atoms with Gasteiger partial charge in [-0.1, -0.05) is 38.1 Å². The van der Waals surface area contributed by atoms with Gasteiger partial charge in [0.1, 0.15) is 12.4 Å². The van der Waals surface area contributed by atoms with E-state index < -0.39 is 5.41 Å². The topological polar surface area (TPSA) is 90.0 Å². The van der Waals surface area contributed by atoms with Gasteiger partial charge in [0, 0.05) is 29.8 Å². The Kier molecular flexibility index (Phi) is 6.50. The van der Waals surface area contributed by atoms with Gasteiger partial charge in [-0.3, -0.25) is 9.89 Å². The number of rotatable bonds is 8. The van der Waals surface area contributed by atoms with Crippen LogP contribution in [0.5, 0.6) is 5.88 Å². The Hall–Kier alpha value is -3.22. The lowest BCUT2D eigenvalue weighted by Crippen LogP contribution is -2.32. The molecule has 0 spiro atoms. The number of methoxy groups -OCH3 is 1. The number of carbonyl (C=O) groups is 1. The van der Waals surface area contributed by atoms with Crippen LogP contribution in [-0.2, 0) is 16.0 Å². The van der Waals surface area contributed by atoms with E-state index >= 15 is 0 Å². The average Bonchev–Trinajstić information content (AvgIpc) is 3.20. The van der Waals surface area contributed by atoms with Gasteiger partial charge in [0.05, 0.1) is 12.5 Å². The minimum absolute atomic E-state index is 0.191. The number of hydrogen-bond acceptors (Lipinski definition) is 6. The third-order valence-corrected chi connectivity index (χ3v) is 4.66. The van der Waals surface area contributed by atoms with Crippen LogP contribution in [0.25, 0.3) is 22.5 Å². The predicted octanol–water partition coefficient (Wildman–Crippen LogP) is 4.31. The number of esters is 1. The molecule has 7 nitrogen and oxygen atoms in total. The van der Waals surface area contributed by atoms with Crippen molar-refractivity contribution in [3.8, 4) is 28.4 Å². The van der Waals surface area contributed by atoms with E-state index in [4.69, 9.17) is 9.47 Å². The summed E-state index contributed by atoms with van der Waals surface area (Å²) in [5.74, 6) is 2.28. The molecule has 0 aliphatic carbocycles. The molecule has 0 radical (unpaired) electrons. The molecule has 7 heteroatoms. The molecule has 1 N–H and O–H groups in total. The summed E-state index contributed by atoms with van der Waals surface area (Å²) in [6, 6.07) is 11.8. The van der Waals surface area contributed by atoms with Crippen molar-refractivity contribution >= 4 is 5.97 Å². The van der Waals surface area contributed by atoms with E-state index in [1.807, 2.05) is 30.3 Å². The fourth-order valence-electron chi connectivity index (χ4n) is 2.94. The zero-order valence-corrected chi connectivity index (χ0v) is 18.1. The predicted molar refractivity (Wildman–Crippen MR) is 115 cm³/mol. The number of ether oxygens (including phenoxy) is 2. The number of H-pyrrole nitrogens is 1. The van der Waals surface area contributed by atoms with Crippen molar-refractivity contribution in [3.63, 3.8) is 0 Å². The fourth-order valence-corrected chi connectivity index (χ4v) is 2.94. The minimum Gasteiger partial charge on any atom is -0.476 e. The van der Waals surface area contributed by atoms with Crippen LogP contribution in [0, 0.1) is 11.3 Å². The Labute approximate surface area is 176 Å². The van der Waals surface area contributed by atoms with Crippen molar-refractivity contribution in [1.82, 2.24) is 20.2 Å². The third kappa shape index (κ3) is 5.23. The number of nitrogens with zero attached hydrogens (tertiary/aromatic N) is 3. The largest absolute Gasteiger partial charge is 0.476 e. The van der Waals surface area contributed by atoms with Crippen LogP contribution in [0.2, 0.25) is 0 Å². The molecular formula is C23H28N4O3. The van der Waals surface area contributed by atoms with Gasteiger partial charge < -0.3 is 9.47 Å². The van der Waals surface area contributed by atoms with Gasteiger partial charge in [0.2, 0.25) is 5.88 Å². The first-order valence-electron chi connectivity index (χ1n) is 9.98. The van der Waals surface area contributed by atoms with Gasteiger partial charge in [0.15, 0.2) is 5.82 Å². The maximum atomic E-state index is 11.7. The molecule has 1 aromatic carbocycles. The van der Waals surface area contributed by atoms with E-state index in [0.717, 1.165) is 28.9 Å². The Morgan fingerprint density at radius 1 is 1.07 bits per heavy atom. The fraction of sp³-hybridized carbons (Fsp3) is 0.391. The summed E-state index contributed by atoms with van der Waals surface area (Å²) in [7, 11) is 1.37. The Bertz CT molecular complexity index is 976. The van der Waals surface area contributed by atoms with Crippen molar-refractivity contribution in [2.45, 2.75) is 34.1 Å². The number of carbonyl (C=O) groups excluding carboxylic acids is 1. The number of nitrogens with one attached hydrogen (secondary N) is 1. The van der Waals surface area contributed by atoms with Crippen LogP contribution in [-0.4, -0.2) is 39.9 Å². The van der Waals surface area contributed by atoms with Crippen LogP contribution < -0.4 is 4.74 Å². The molecule has 2 aromatic heterocycles. The third-order valence-electron chi connectivity index (χ3n) is 4.66. The number of benzene rings is 1. The monoisotopic (exact) mass is 408 g/mol. The number of hydrogen-bond donors (Lipinski definition) is 1. The number of pyridine rings is 1. The van der Waals surface area contributed by atoms with Crippen molar-refractivity contribution < 1.29 is 14.3 Å². The van der Waals surface area contributed by atoms with Crippen molar-refractivity contribution in [2.75, 3.05) is 13.7 Å². The van der Waals surface area contributed by atoms with E-state index in [-0.39, 0.29) is 12.6 Å². The quantitative estimate of drug-likeness (QED) is 0.559. The van der Waals surface area contributed by atoms with Gasteiger partial charge in [-0.2, -0.15) is 5.10 Å². The number of aromatic amines is 1. The molecule has 0 unspecified atom stereocenters. The second-order valence-electron chi connectivity index (χ2n) is 8.33. The van der Waals surface area contributed by atoms with Crippen molar-refractivity contribution in [3.05, 3.63) is 48.4 Å². The van der Waals surface area contributed by atoms with E-state index in [9.17, 15) is 4.79 Å². The average molecular weight is 409 g/mol. The Morgan fingerprint density at radius 2 is 1.73 bits per heavy atom. The molecule has 158 valence electrons. The summed E-state index contributed by atoms with van der Waals surface area (Å²) in [5, 5.41) is 7.32. The van der Waals surface area contributed by atoms with Gasteiger partial charge in [-0.05, 0) is 31.4 Å². The van der Waals surface area contributed by atoms with Crippen LogP contribution in [0.1, 0.15) is 33.5 Å². The zero-order valence-electron chi connectivity index (χ0n) is 18.1. The second-order valence-corrected chi connectivity index (χ2v) is 8.33. The van der Waals surface area contributed by atoms with E-state index in [1.54, 1.807) is 26.1 Å². The summed E-state index contributed by atoms with van der Waals surface area (Å²) in [6.07, 6.45) is 2.63. The maximum absolute atomic E-state index is 11.7. The molecule has 0 saturated heterocycles. The highest BCUT2D eigenvalue weighted by molar-refractivity contribution is 5.76. The summed E-state index contributed by atoms with van der Waals surface area (Å²) in [5.41, 5.74) is 2.23. The van der Waals surface area contributed by atoms with Crippen LogP contribution >= 0.6 is 0 Å². The number of aromatic nitrogens is 4. The Morgan fingerprint density at radius 3 is 2.33 bits per heavy atom. The van der Waals surface area contributed by atoms with Crippen LogP contribution in [0.3, 0.4) is 0 Å². The highest BCUT2D eigenvalue weighted by atomic mass is 16.5. The molecule has 0 fully saturated rings. The lowest BCUT2D eigenvalue weighted by atomic mass is 9.95. The highest BCUT2D eigenvalue weighted by Crippen LogP contribution is 2.25. The minimum atomic E-state index is -0.736. The van der Waals surface area contributed by atoms with Gasteiger partial charge >= 0.3 is 5.97 Å². The molecule has 0 aliphatic heterocycles. The van der Waals surface area contributed by atoms with E-state index in [0.29, 0.717) is 17.6 Å². The molecule has 0 atom stereocenters. The summed E-state index contributed by atoms with van der Waals surface area (Å²) < 4.78 is 10.4. The first-order valence-corrected chi connectivity index (χ1v) is 9.98.